The SMILES string of the molecule is CCCc1cc(C(=O)N[C@@H](Cc2ccccc2)[C@H](O)CNCc2cccc(OC)c2)cc(N2CC=CCCS2(=O)=O)c1. The molecule has 0 bridgehead atoms. The Morgan fingerprint density at radius 1 is 1.00 bits per heavy atom. The van der Waals surface area contributed by atoms with Gasteiger partial charge in [-0.05, 0) is 66.3 Å². The van der Waals surface area contributed by atoms with E-state index in [0.717, 1.165) is 28.9 Å². The molecule has 4 rings (SSSR count). The number of aliphatic hydroxyl groups is 1. The number of nitrogens with one attached hydrogen (secondary N) is 2. The van der Waals surface area contributed by atoms with E-state index in [-0.39, 0.29) is 24.7 Å². The third kappa shape index (κ3) is 8.67. The van der Waals surface area contributed by atoms with Crippen LogP contribution in [-0.4, -0.2) is 57.5 Å². The molecule has 1 aliphatic heterocycles. The fourth-order valence-electron chi connectivity index (χ4n) is 5.07. The van der Waals surface area contributed by atoms with Crippen LogP contribution in [0.15, 0.2) is 84.9 Å². The van der Waals surface area contributed by atoms with E-state index in [4.69, 9.17) is 4.74 Å². The Kier molecular flexibility index (Phi) is 11.2. The number of aliphatic hydroxyl groups excluding tert-OH is 1. The number of nitrogens with zero attached hydrogens (tertiary/aromatic N) is 1. The number of anilines is 1. The summed E-state index contributed by atoms with van der Waals surface area (Å²) in [4.78, 5) is 13.7. The van der Waals surface area contributed by atoms with Crippen LogP contribution in [0.2, 0.25) is 0 Å². The molecule has 0 saturated heterocycles. The lowest BCUT2D eigenvalue weighted by Crippen LogP contribution is -2.48. The lowest BCUT2D eigenvalue weighted by atomic mass is 9.99. The van der Waals surface area contributed by atoms with Crippen molar-refractivity contribution in [1.29, 1.82) is 0 Å². The van der Waals surface area contributed by atoms with Crippen LogP contribution in [0, 0.1) is 0 Å². The molecule has 2 atom stereocenters. The number of hydrogen-bond donors (Lipinski definition) is 3. The van der Waals surface area contributed by atoms with Gasteiger partial charge in [-0.25, -0.2) is 8.42 Å². The van der Waals surface area contributed by atoms with E-state index >= 15 is 0 Å². The van der Waals surface area contributed by atoms with E-state index < -0.39 is 22.2 Å². The number of benzene rings is 3. The average molecular weight is 592 g/mol. The van der Waals surface area contributed by atoms with E-state index in [1.807, 2.05) is 85.8 Å². The normalized spacial score (nSPS) is 15.9. The highest BCUT2D eigenvalue weighted by molar-refractivity contribution is 7.92. The monoisotopic (exact) mass is 591 g/mol. The fraction of sp³-hybridized carbons (Fsp3) is 0.364. The molecular formula is C33H41N3O5S. The van der Waals surface area contributed by atoms with Crippen LogP contribution in [-0.2, 0) is 29.4 Å². The highest BCUT2D eigenvalue weighted by Gasteiger charge is 2.26. The van der Waals surface area contributed by atoms with E-state index in [0.29, 0.717) is 37.1 Å². The van der Waals surface area contributed by atoms with Gasteiger partial charge < -0.3 is 20.5 Å². The molecule has 1 heterocycles. The van der Waals surface area contributed by atoms with E-state index in [1.165, 1.54) is 4.31 Å². The summed E-state index contributed by atoms with van der Waals surface area (Å²) in [5.74, 6) is 0.430. The third-order valence-corrected chi connectivity index (χ3v) is 9.06. The molecule has 1 aliphatic rings. The first-order chi connectivity index (χ1) is 20.3. The number of sulfonamides is 1. The number of aryl methyl sites for hydroxylation is 1. The molecular weight excluding hydrogens is 550 g/mol. The van der Waals surface area contributed by atoms with Crippen molar-refractivity contribution in [3.8, 4) is 5.75 Å². The van der Waals surface area contributed by atoms with Crippen LogP contribution >= 0.6 is 0 Å². The quantitative estimate of drug-likeness (QED) is 0.257. The van der Waals surface area contributed by atoms with E-state index in [1.54, 1.807) is 13.2 Å². The average Bonchev–Trinajstić information content (AvgIpc) is 3.17. The highest BCUT2D eigenvalue weighted by Crippen LogP contribution is 2.25. The zero-order valence-electron chi connectivity index (χ0n) is 24.3. The standard InChI is InChI=1S/C33H41N3O5S/c1-3-11-26-18-28(22-29(19-26)36-16-8-5-9-17-42(36,39)40)33(38)35-31(21-25-12-6-4-7-13-25)32(37)24-34-23-27-14-10-15-30(20-27)41-2/h4-8,10,12-15,18-20,22,31-32,34,37H,3,9,11,16-17,21,23-24H2,1-2H3,(H,35,38)/t31-,32+/m0/s1. The van der Waals surface area contributed by atoms with Gasteiger partial charge in [0.25, 0.3) is 5.91 Å². The van der Waals surface area contributed by atoms with E-state index in [2.05, 4.69) is 10.6 Å². The number of amides is 1. The first-order valence-electron chi connectivity index (χ1n) is 14.4. The fourth-order valence-corrected chi connectivity index (χ4v) is 6.46. The Morgan fingerprint density at radius 2 is 1.79 bits per heavy atom. The molecule has 3 N–H and O–H groups in total. The van der Waals surface area contributed by atoms with Gasteiger partial charge in [-0.15, -0.1) is 0 Å². The summed E-state index contributed by atoms with van der Waals surface area (Å²) >= 11 is 0. The Morgan fingerprint density at radius 3 is 2.55 bits per heavy atom. The van der Waals surface area contributed by atoms with Crippen molar-refractivity contribution < 1.29 is 23.1 Å². The minimum Gasteiger partial charge on any atom is -0.497 e. The zero-order chi connectivity index (χ0) is 30.0. The van der Waals surface area contributed by atoms with E-state index in [9.17, 15) is 18.3 Å². The molecule has 0 aromatic heterocycles. The number of hydrogen-bond acceptors (Lipinski definition) is 6. The third-order valence-electron chi connectivity index (χ3n) is 7.28. The molecule has 3 aromatic carbocycles. The minimum absolute atomic E-state index is 0.0249. The summed E-state index contributed by atoms with van der Waals surface area (Å²) in [7, 11) is -1.90. The molecule has 0 saturated carbocycles. The first-order valence-corrected chi connectivity index (χ1v) is 16.1. The van der Waals surface area contributed by atoms with Crippen molar-refractivity contribution in [2.75, 3.05) is 30.3 Å². The predicted octanol–water partition coefficient (Wildman–Crippen LogP) is 4.24. The van der Waals surface area contributed by atoms with Gasteiger partial charge in [0, 0.05) is 18.7 Å². The number of methoxy groups -OCH3 is 1. The highest BCUT2D eigenvalue weighted by atomic mass is 32.2. The number of carbonyl (C=O) groups excluding carboxylic acids is 1. The summed E-state index contributed by atoms with van der Waals surface area (Å²) in [5, 5.41) is 17.6. The van der Waals surface area contributed by atoms with Gasteiger partial charge >= 0.3 is 0 Å². The van der Waals surface area contributed by atoms with Crippen molar-refractivity contribution in [3.05, 3.63) is 107 Å². The van der Waals surface area contributed by atoms with Crippen LogP contribution in [0.5, 0.6) is 5.75 Å². The maximum absolute atomic E-state index is 13.7. The smallest absolute Gasteiger partial charge is 0.251 e. The molecule has 1 amide bonds. The number of allylic oxidation sites excluding steroid dienone is 1. The predicted molar refractivity (Wildman–Crippen MR) is 167 cm³/mol. The Balaban J connectivity index is 1.54. The van der Waals surface area contributed by atoms with Crippen LogP contribution in [0.4, 0.5) is 5.69 Å². The summed E-state index contributed by atoms with van der Waals surface area (Å²) in [6.07, 6.45) is 5.30. The van der Waals surface area contributed by atoms with Crippen molar-refractivity contribution in [2.24, 2.45) is 0 Å². The lowest BCUT2D eigenvalue weighted by molar-refractivity contribution is 0.0830. The molecule has 8 nitrogen and oxygen atoms in total. The molecule has 0 spiro atoms. The zero-order valence-corrected chi connectivity index (χ0v) is 25.1. The first kappa shape index (κ1) is 31.3. The minimum atomic E-state index is -3.52. The van der Waals surface area contributed by atoms with Crippen molar-refractivity contribution >= 4 is 21.6 Å². The van der Waals surface area contributed by atoms with Crippen molar-refractivity contribution in [1.82, 2.24) is 10.6 Å². The Bertz CT molecular complexity index is 1460. The molecule has 224 valence electrons. The largest absolute Gasteiger partial charge is 0.497 e. The lowest BCUT2D eigenvalue weighted by Gasteiger charge is -2.26. The Hall–Kier alpha value is -3.66. The number of rotatable bonds is 13. The molecule has 0 unspecified atom stereocenters. The van der Waals surface area contributed by atoms with Gasteiger partial charge in [0.1, 0.15) is 5.75 Å². The maximum Gasteiger partial charge on any atom is 0.251 e. The van der Waals surface area contributed by atoms with Gasteiger partial charge in [-0.3, -0.25) is 9.10 Å². The second-order valence-corrected chi connectivity index (χ2v) is 12.6. The maximum atomic E-state index is 13.7. The number of carbonyl (C=O) groups is 1. The molecule has 0 radical (unpaired) electrons. The second kappa shape index (κ2) is 15.0. The molecule has 0 fully saturated rings. The van der Waals surface area contributed by atoms with Crippen molar-refractivity contribution in [3.63, 3.8) is 0 Å². The molecule has 3 aromatic rings. The van der Waals surface area contributed by atoms with Crippen LogP contribution in [0.1, 0.15) is 46.8 Å². The summed E-state index contributed by atoms with van der Waals surface area (Å²) < 4.78 is 32.7. The molecule has 9 heteroatoms. The molecule has 0 aliphatic carbocycles. The number of ether oxygens (including phenoxy) is 1. The van der Waals surface area contributed by atoms with Crippen LogP contribution < -0.4 is 19.7 Å². The Labute approximate surface area is 249 Å². The van der Waals surface area contributed by atoms with Gasteiger partial charge in [-0.2, -0.15) is 0 Å². The second-order valence-electron chi connectivity index (χ2n) is 10.6. The molecule has 42 heavy (non-hydrogen) atoms. The van der Waals surface area contributed by atoms with Gasteiger partial charge in [0.05, 0.1) is 37.2 Å². The van der Waals surface area contributed by atoms with Gasteiger partial charge in [0.2, 0.25) is 10.0 Å². The summed E-state index contributed by atoms with van der Waals surface area (Å²) in [5.41, 5.74) is 3.75. The van der Waals surface area contributed by atoms with Gasteiger partial charge in [-0.1, -0.05) is 68.0 Å². The van der Waals surface area contributed by atoms with Crippen LogP contribution in [0.3, 0.4) is 0 Å². The van der Waals surface area contributed by atoms with Crippen LogP contribution in [0.25, 0.3) is 0 Å². The summed E-state index contributed by atoms with van der Waals surface area (Å²) in [6, 6.07) is 22.1. The summed E-state index contributed by atoms with van der Waals surface area (Å²) in [6.45, 7) is 3.06. The topological polar surface area (TPSA) is 108 Å². The van der Waals surface area contributed by atoms with Crippen molar-refractivity contribution in [2.45, 2.75) is 51.3 Å². The van der Waals surface area contributed by atoms with Gasteiger partial charge in [0.15, 0.2) is 0 Å².